The van der Waals surface area contributed by atoms with Crippen molar-refractivity contribution in [2.45, 2.75) is 43.4 Å². The SMILES string of the molecule is C=CC1C(OC2OC(CO)C(O)C(O)C2O)OC=C(C(=O)O)C1Cc1nccc2c1[nH]c1ccccc12. The zero-order valence-electron chi connectivity index (χ0n) is 19.7. The molecule has 0 radical (unpaired) electrons. The Hall–Kier alpha value is -3.32. The molecular weight excluding hydrogens is 484 g/mol. The molecule has 0 aliphatic carbocycles. The van der Waals surface area contributed by atoms with Gasteiger partial charge >= 0.3 is 5.97 Å². The molecule has 0 bridgehead atoms. The van der Waals surface area contributed by atoms with Crippen molar-refractivity contribution in [1.82, 2.24) is 9.97 Å². The monoisotopic (exact) mass is 512 g/mol. The second-order valence-corrected chi connectivity index (χ2v) is 9.19. The Kier molecular flexibility index (Phi) is 6.99. The lowest BCUT2D eigenvalue weighted by Crippen LogP contribution is -2.60. The zero-order chi connectivity index (χ0) is 26.3. The van der Waals surface area contributed by atoms with Crippen LogP contribution >= 0.6 is 0 Å². The number of carboxylic acids is 1. The molecule has 5 rings (SSSR count). The molecule has 2 aromatic heterocycles. The summed E-state index contributed by atoms with van der Waals surface area (Å²) >= 11 is 0. The van der Waals surface area contributed by atoms with E-state index >= 15 is 0 Å². The van der Waals surface area contributed by atoms with Gasteiger partial charge in [0.1, 0.15) is 24.4 Å². The van der Waals surface area contributed by atoms with Gasteiger partial charge in [-0.05, 0) is 18.6 Å². The summed E-state index contributed by atoms with van der Waals surface area (Å²) in [6.07, 6.45) is -4.12. The third kappa shape index (κ3) is 4.50. The highest BCUT2D eigenvalue weighted by molar-refractivity contribution is 6.07. The van der Waals surface area contributed by atoms with Gasteiger partial charge in [0.2, 0.25) is 6.29 Å². The number of aliphatic hydroxyl groups is 4. The molecule has 11 heteroatoms. The minimum Gasteiger partial charge on any atom is -0.478 e. The third-order valence-electron chi connectivity index (χ3n) is 7.06. The Bertz CT molecular complexity index is 1340. The summed E-state index contributed by atoms with van der Waals surface area (Å²) in [5.74, 6) is -2.57. The van der Waals surface area contributed by atoms with Crippen LogP contribution in [-0.2, 0) is 25.4 Å². The largest absolute Gasteiger partial charge is 0.478 e. The lowest BCUT2D eigenvalue weighted by molar-refractivity contribution is -0.339. The van der Waals surface area contributed by atoms with Gasteiger partial charge < -0.3 is 44.7 Å². The zero-order valence-corrected chi connectivity index (χ0v) is 19.7. The summed E-state index contributed by atoms with van der Waals surface area (Å²) in [6.45, 7) is 3.23. The van der Waals surface area contributed by atoms with E-state index in [0.717, 1.165) is 28.1 Å². The summed E-state index contributed by atoms with van der Waals surface area (Å²) in [4.78, 5) is 20.0. The Morgan fingerprint density at radius 2 is 1.89 bits per heavy atom. The molecule has 0 spiro atoms. The number of nitrogens with one attached hydrogen (secondary N) is 1. The van der Waals surface area contributed by atoms with Gasteiger partial charge in [0.15, 0.2) is 6.29 Å². The van der Waals surface area contributed by atoms with E-state index in [4.69, 9.17) is 14.2 Å². The molecule has 1 saturated heterocycles. The number of ether oxygens (including phenoxy) is 3. The summed E-state index contributed by atoms with van der Waals surface area (Å²) < 4.78 is 16.8. The van der Waals surface area contributed by atoms with Crippen molar-refractivity contribution in [2.24, 2.45) is 11.8 Å². The van der Waals surface area contributed by atoms with E-state index in [9.17, 15) is 30.3 Å². The van der Waals surface area contributed by atoms with Gasteiger partial charge in [-0.1, -0.05) is 24.3 Å². The molecular formula is C26H28N2O9. The number of fused-ring (bicyclic) bond motifs is 3. The van der Waals surface area contributed by atoms with Gasteiger partial charge in [-0.2, -0.15) is 0 Å². The Labute approximate surface area is 211 Å². The van der Waals surface area contributed by atoms with E-state index in [-0.39, 0.29) is 12.0 Å². The van der Waals surface area contributed by atoms with Crippen molar-refractivity contribution >= 4 is 27.8 Å². The fourth-order valence-electron chi connectivity index (χ4n) is 5.07. The molecule has 0 saturated carbocycles. The number of carbonyl (C=O) groups is 1. The third-order valence-corrected chi connectivity index (χ3v) is 7.06. The number of aliphatic carboxylic acids is 1. The van der Waals surface area contributed by atoms with Crippen molar-refractivity contribution in [3.05, 3.63) is 66.7 Å². The molecule has 1 aromatic carbocycles. The second kappa shape index (κ2) is 10.2. The Morgan fingerprint density at radius 3 is 2.62 bits per heavy atom. The van der Waals surface area contributed by atoms with Gasteiger partial charge in [0, 0.05) is 34.3 Å². The van der Waals surface area contributed by atoms with E-state index in [0.29, 0.717) is 5.69 Å². The number of aromatic amines is 1. The van der Waals surface area contributed by atoms with E-state index in [1.165, 1.54) is 6.08 Å². The molecule has 2 aliphatic rings. The van der Waals surface area contributed by atoms with Crippen molar-refractivity contribution in [3.63, 3.8) is 0 Å². The molecule has 11 nitrogen and oxygen atoms in total. The summed E-state index contributed by atoms with van der Waals surface area (Å²) in [5, 5.41) is 51.9. The van der Waals surface area contributed by atoms with Crippen LogP contribution in [0.2, 0.25) is 0 Å². The van der Waals surface area contributed by atoms with Crippen LogP contribution in [0.15, 0.2) is 61.0 Å². The molecule has 4 heterocycles. The van der Waals surface area contributed by atoms with Crippen LogP contribution in [0.25, 0.3) is 21.8 Å². The summed E-state index contributed by atoms with van der Waals surface area (Å²) in [7, 11) is 0. The van der Waals surface area contributed by atoms with Crippen molar-refractivity contribution in [3.8, 4) is 0 Å². The number of rotatable bonds is 7. The minimum atomic E-state index is -1.64. The number of nitrogens with zero attached hydrogens (tertiary/aromatic N) is 1. The van der Waals surface area contributed by atoms with Crippen molar-refractivity contribution in [2.75, 3.05) is 6.61 Å². The molecule has 37 heavy (non-hydrogen) atoms. The van der Waals surface area contributed by atoms with Gasteiger partial charge in [0.25, 0.3) is 0 Å². The second-order valence-electron chi connectivity index (χ2n) is 9.19. The van der Waals surface area contributed by atoms with E-state index in [1.807, 2.05) is 30.3 Å². The maximum Gasteiger partial charge on any atom is 0.335 e. The number of para-hydroxylation sites is 1. The normalized spacial score (nSPS) is 32.2. The topological polar surface area (TPSA) is 175 Å². The quantitative estimate of drug-likeness (QED) is 0.249. The number of aromatic nitrogens is 2. The summed E-state index contributed by atoms with van der Waals surface area (Å²) in [5.41, 5.74) is 2.35. The van der Waals surface area contributed by atoms with Crippen molar-refractivity contribution in [1.29, 1.82) is 0 Å². The number of H-pyrrole nitrogens is 1. The van der Waals surface area contributed by atoms with Crippen LogP contribution in [0.3, 0.4) is 0 Å². The lowest BCUT2D eigenvalue weighted by Gasteiger charge is -2.43. The highest BCUT2D eigenvalue weighted by Gasteiger charge is 2.47. The summed E-state index contributed by atoms with van der Waals surface area (Å²) in [6, 6.07) is 9.70. The van der Waals surface area contributed by atoms with Crippen LogP contribution in [0.5, 0.6) is 0 Å². The van der Waals surface area contributed by atoms with E-state index in [2.05, 4.69) is 16.5 Å². The molecule has 6 N–H and O–H groups in total. The molecule has 8 atom stereocenters. The predicted molar refractivity (Wildman–Crippen MR) is 130 cm³/mol. The first kappa shape index (κ1) is 25.3. The fourth-order valence-corrected chi connectivity index (χ4v) is 5.07. The molecule has 3 aromatic rings. The lowest BCUT2D eigenvalue weighted by atomic mass is 9.80. The highest BCUT2D eigenvalue weighted by Crippen LogP contribution is 2.38. The number of hydrogen-bond acceptors (Lipinski definition) is 9. The smallest absolute Gasteiger partial charge is 0.335 e. The molecule has 196 valence electrons. The first-order valence-electron chi connectivity index (χ1n) is 11.9. The van der Waals surface area contributed by atoms with E-state index in [1.54, 1.807) is 6.20 Å². The first-order valence-corrected chi connectivity index (χ1v) is 11.9. The standard InChI is InChI=1S/C26H28N2O9/c1-2-12-15(9-18-20-14(7-8-27-18)13-5-3-4-6-17(13)28-20)16(24(33)34)11-35-25(12)37-26-23(32)22(31)21(30)19(10-29)36-26/h2-8,11-12,15,19,21-23,25-26,28-32H,1,9-10H2,(H,33,34). The Morgan fingerprint density at radius 1 is 1.11 bits per heavy atom. The maximum absolute atomic E-state index is 12.1. The van der Waals surface area contributed by atoms with Gasteiger partial charge in [0.05, 0.1) is 29.7 Å². The molecule has 2 aliphatic heterocycles. The Balaban J connectivity index is 1.46. The van der Waals surface area contributed by atoms with Gasteiger partial charge in [-0.25, -0.2) is 4.79 Å². The van der Waals surface area contributed by atoms with Crippen LogP contribution in [0, 0.1) is 11.8 Å². The van der Waals surface area contributed by atoms with Gasteiger partial charge in [-0.3, -0.25) is 4.98 Å². The fraction of sp³-hybridized carbons (Fsp3) is 0.385. The van der Waals surface area contributed by atoms with Crippen molar-refractivity contribution < 1.29 is 44.5 Å². The number of pyridine rings is 1. The van der Waals surface area contributed by atoms with Crippen LogP contribution in [0.4, 0.5) is 0 Å². The predicted octanol–water partition coefficient (Wildman–Crippen LogP) is 0.818. The molecule has 0 amide bonds. The number of carboxylic acid groups (broad SMARTS) is 1. The number of aliphatic hydroxyl groups excluding tert-OH is 4. The minimum absolute atomic E-state index is 0.00605. The molecule has 1 fully saturated rings. The van der Waals surface area contributed by atoms with Crippen LogP contribution in [0.1, 0.15) is 5.69 Å². The highest BCUT2D eigenvalue weighted by atomic mass is 16.8. The van der Waals surface area contributed by atoms with E-state index < -0.39 is 61.4 Å². The first-order chi connectivity index (χ1) is 17.8. The van der Waals surface area contributed by atoms with Crippen LogP contribution < -0.4 is 0 Å². The maximum atomic E-state index is 12.1. The number of hydrogen-bond donors (Lipinski definition) is 6. The number of benzene rings is 1. The van der Waals surface area contributed by atoms with Crippen LogP contribution in [-0.4, -0.2) is 85.1 Å². The molecule has 8 unspecified atom stereocenters. The average Bonchev–Trinajstić information content (AvgIpc) is 3.28. The van der Waals surface area contributed by atoms with Gasteiger partial charge in [-0.15, -0.1) is 6.58 Å². The average molecular weight is 513 g/mol.